The van der Waals surface area contributed by atoms with Crippen LogP contribution in [-0.4, -0.2) is 34.2 Å². The number of carbonyl (C=O) groups excluding carboxylic acids is 3. The topological polar surface area (TPSA) is 88.6 Å². The maximum Gasteiger partial charge on any atom is 0.261 e. The highest BCUT2D eigenvalue weighted by molar-refractivity contribution is 6.21. The van der Waals surface area contributed by atoms with Gasteiger partial charge in [0, 0.05) is 31.8 Å². The molecule has 7 nitrogen and oxygen atoms in total. The van der Waals surface area contributed by atoms with Crippen molar-refractivity contribution in [3.8, 4) is 11.6 Å². The van der Waals surface area contributed by atoms with Gasteiger partial charge in [-0.15, -0.1) is 0 Å². The highest BCUT2D eigenvalue weighted by Gasteiger charge is 2.34. The number of benzene rings is 2. The fraction of sp³-hybridized carbons (Fsp3) is 0.167. The van der Waals surface area contributed by atoms with Gasteiger partial charge >= 0.3 is 0 Å². The van der Waals surface area contributed by atoms with Crippen molar-refractivity contribution in [1.29, 1.82) is 0 Å². The third kappa shape index (κ3) is 4.78. The Morgan fingerprint density at radius 2 is 1.68 bits per heavy atom. The molecular weight excluding hydrogens is 394 g/mol. The maximum atomic E-state index is 12.3. The Bertz CT molecular complexity index is 1080. The van der Waals surface area contributed by atoms with Crippen molar-refractivity contribution >= 4 is 17.7 Å². The third-order valence-electron chi connectivity index (χ3n) is 4.91. The lowest BCUT2D eigenvalue weighted by atomic mass is 10.1. The van der Waals surface area contributed by atoms with Crippen LogP contribution in [0.5, 0.6) is 11.6 Å². The Kier molecular flexibility index (Phi) is 6.03. The number of fused-ring (bicyclic) bond motifs is 1. The second-order valence-electron chi connectivity index (χ2n) is 7.11. The summed E-state index contributed by atoms with van der Waals surface area (Å²) in [6.45, 7) is 0.568. The molecule has 0 unspecified atom stereocenters. The maximum absolute atomic E-state index is 12.3. The number of nitrogens with one attached hydrogen (secondary N) is 1. The highest BCUT2D eigenvalue weighted by Crippen LogP contribution is 2.23. The number of carbonyl (C=O) groups is 3. The standard InChI is InChI=1S/C24H21N3O4/c28-21(11-6-14-27-23(29)19-9-1-2-10-20(19)24(27)30)26-16-17-7-5-8-18(15-17)31-22-12-3-4-13-25-22/h1-5,7-10,12-13,15H,6,11,14,16H2,(H,26,28). The third-order valence-corrected chi connectivity index (χ3v) is 4.91. The second kappa shape index (κ2) is 9.21. The van der Waals surface area contributed by atoms with Gasteiger partial charge in [-0.3, -0.25) is 19.3 Å². The summed E-state index contributed by atoms with van der Waals surface area (Å²) in [5.41, 5.74) is 1.73. The Hall–Kier alpha value is -4.00. The molecule has 3 aromatic rings. The van der Waals surface area contributed by atoms with E-state index >= 15 is 0 Å². The lowest BCUT2D eigenvalue weighted by Crippen LogP contribution is -2.32. The van der Waals surface area contributed by atoms with Gasteiger partial charge in [-0.25, -0.2) is 4.98 Å². The number of hydrogen-bond donors (Lipinski definition) is 1. The van der Waals surface area contributed by atoms with E-state index in [0.29, 0.717) is 35.7 Å². The quantitative estimate of drug-likeness (QED) is 0.568. The first kappa shape index (κ1) is 20.3. The van der Waals surface area contributed by atoms with Crippen molar-refractivity contribution in [2.45, 2.75) is 19.4 Å². The molecule has 1 aromatic heterocycles. The SMILES string of the molecule is O=C(CCCN1C(=O)c2ccccc2C1=O)NCc1cccc(Oc2ccccn2)c1. The van der Waals surface area contributed by atoms with Crippen LogP contribution < -0.4 is 10.1 Å². The van der Waals surface area contributed by atoms with Crippen LogP contribution in [0.15, 0.2) is 72.9 Å². The average Bonchev–Trinajstić information content (AvgIpc) is 3.04. The molecule has 0 fully saturated rings. The van der Waals surface area contributed by atoms with Gasteiger partial charge in [0.15, 0.2) is 0 Å². The van der Waals surface area contributed by atoms with E-state index < -0.39 is 0 Å². The van der Waals surface area contributed by atoms with Crippen molar-refractivity contribution in [2.75, 3.05) is 6.54 Å². The van der Waals surface area contributed by atoms with Gasteiger partial charge in [-0.1, -0.05) is 30.3 Å². The number of rotatable bonds is 8. The Morgan fingerprint density at radius 3 is 2.39 bits per heavy atom. The summed E-state index contributed by atoms with van der Waals surface area (Å²) < 4.78 is 5.70. The fourth-order valence-electron chi connectivity index (χ4n) is 3.38. The molecule has 0 atom stereocenters. The first-order valence-electron chi connectivity index (χ1n) is 10.0. The van der Waals surface area contributed by atoms with Gasteiger partial charge in [-0.2, -0.15) is 0 Å². The van der Waals surface area contributed by atoms with Gasteiger partial charge in [0.2, 0.25) is 11.8 Å². The Labute approximate surface area is 179 Å². The number of aromatic nitrogens is 1. The molecule has 1 N–H and O–H groups in total. The number of hydrogen-bond acceptors (Lipinski definition) is 5. The summed E-state index contributed by atoms with van der Waals surface area (Å²) in [4.78, 5) is 42.2. The van der Waals surface area contributed by atoms with Gasteiger partial charge in [-0.05, 0) is 42.3 Å². The fourth-order valence-corrected chi connectivity index (χ4v) is 3.38. The largest absolute Gasteiger partial charge is 0.439 e. The summed E-state index contributed by atoms with van der Waals surface area (Å²) in [7, 11) is 0. The van der Waals surface area contributed by atoms with Crippen LogP contribution >= 0.6 is 0 Å². The second-order valence-corrected chi connectivity index (χ2v) is 7.11. The predicted octanol–water partition coefficient (Wildman–Crippen LogP) is 3.57. The van der Waals surface area contributed by atoms with Crippen LogP contribution in [0.2, 0.25) is 0 Å². The molecule has 7 heteroatoms. The van der Waals surface area contributed by atoms with Crippen molar-refractivity contribution in [3.05, 3.63) is 89.6 Å². The smallest absolute Gasteiger partial charge is 0.261 e. The zero-order chi connectivity index (χ0) is 21.6. The average molecular weight is 415 g/mol. The van der Waals surface area contributed by atoms with Gasteiger partial charge in [0.05, 0.1) is 11.1 Å². The van der Waals surface area contributed by atoms with Crippen LogP contribution in [0.25, 0.3) is 0 Å². The van der Waals surface area contributed by atoms with Crippen LogP contribution in [0.3, 0.4) is 0 Å². The van der Waals surface area contributed by atoms with Gasteiger partial charge < -0.3 is 10.1 Å². The minimum atomic E-state index is -0.300. The van der Waals surface area contributed by atoms with Crippen molar-refractivity contribution in [2.24, 2.45) is 0 Å². The molecule has 156 valence electrons. The number of nitrogens with zero attached hydrogens (tertiary/aromatic N) is 2. The number of amides is 3. The molecule has 2 aromatic carbocycles. The number of ether oxygens (including phenoxy) is 1. The lowest BCUT2D eigenvalue weighted by Gasteiger charge is -2.13. The van der Waals surface area contributed by atoms with E-state index in [-0.39, 0.29) is 30.7 Å². The molecule has 1 aliphatic heterocycles. The van der Waals surface area contributed by atoms with Gasteiger partial charge in [0.1, 0.15) is 5.75 Å². The minimum Gasteiger partial charge on any atom is -0.439 e. The molecular formula is C24H21N3O4. The van der Waals surface area contributed by atoms with Crippen LogP contribution in [0, 0.1) is 0 Å². The zero-order valence-electron chi connectivity index (χ0n) is 16.8. The normalized spacial score (nSPS) is 12.6. The van der Waals surface area contributed by atoms with E-state index in [4.69, 9.17) is 4.74 Å². The Balaban J connectivity index is 1.24. The first-order valence-corrected chi connectivity index (χ1v) is 10.0. The van der Waals surface area contributed by atoms with E-state index in [1.54, 1.807) is 36.5 Å². The van der Waals surface area contributed by atoms with E-state index in [9.17, 15) is 14.4 Å². The van der Waals surface area contributed by atoms with E-state index in [2.05, 4.69) is 10.3 Å². The molecule has 31 heavy (non-hydrogen) atoms. The molecule has 0 spiro atoms. The summed E-state index contributed by atoms with van der Waals surface area (Å²) in [6, 6.07) is 19.6. The Morgan fingerprint density at radius 1 is 0.935 bits per heavy atom. The van der Waals surface area contributed by atoms with Crippen LogP contribution in [0.1, 0.15) is 39.1 Å². The summed E-state index contributed by atoms with van der Waals surface area (Å²) in [6.07, 6.45) is 2.28. The monoisotopic (exact) mass is 415 g/mol. The molecule has 0 saturated carbocycles. The predicted molar refractivity (Wildman–Crippen MR) is 114 cm³/mol. The molecule has 0 radical (unpaired) electrons. The summed E-state index contributed by atoms with van der Waals surface area (Å²) >= 11 is 0. The zero-order valence-corrected chi connectivity index (χ0v) is 16.8. The minimum absolute atomic E-state index is 0.146. The van der Waals surface area contributed by atoms with E-state index in [0.717, 1.165) is 5.56 Å². The molecule has 0 aliphatic carbocycles. The number of pyridine rings is 1. The molecule has 2 heterocycles. The molecule has 4 rings (SSSR count). The van der Waals surface area contributed by atoms with E-state index in [1.165, 1.54) is 4.90 Å². The lowest BCUT2D eigenvalue weighted by molar-refractivity contribution is -0.121. The van der Waals surface area contributed by atoms with Gasteiger partial charge in [0.25, 0.3) is 11.8 Å². The molecule has 1 aliphatic rings. The number of imide groups is 1. The van der Waals surface area contributed by atoms with E-state index in [1.807, 2.05) is 36.4 Å². The highest BCUT2D eigenvalue weighted by atomic mass is 16.5. The first-order chi connectivity index (χ1) is 15.1. The molecule has 0 bridgehead atoms. The van der Waals surface area contributed by atoms with Crippen molar-refractivity contribution < 1.29 is 19.1 Å². The molecule has 3 amide bonds. The van der Waals surface area contributed by atoms with Crippen LogP contribution in [0.4, 0.5) is 0 Å². The van der Waals surface area contributed by atoms with Crippen molar-refractivity contribution in [3.63, 3.8) is 0 Å². The summed E-state index contributed by atoms with van der Waals surface area (Å²) in [5, 5.41) is 2.86. The summed E-state index contributed by atoms with van der Waals surface area (Å²) in [5.74, 6) is 0.386. The molecule has 0 saturated heterocycles. The van der Waals surface area contributed by atoms with Crippen LogP contribution in [-0.2, 0) is 11.3 Å². The van der Waals surface area contributed by atoms with Crippen molar-refractivity contribution in [1.82, 2.24) is 15.2 Å².